The van der Waals surface area contributed by atoms with Gasteiger partial charge in [-0.15, -0.1) is 23.7 Å². The largest absolute Gasteiger partial charge is 0.492 e. The third-order valence-corrected chi connectivity index (χ3v) is 5.90. The Morgan fingerprint density at radius 1 is 1.26 bits per heavy atom. The first-order valence-electron chi connectivity index (χ1n) is 8.14. The molecule has 0 atom stereocenters. The average Bonchev–Trinajstić information content (AvgIpc) is 2.94. The number of anilines is 1. The van der Waals surface area contributed by atoms with Gasteiger partial charge in [0.1, 0.15) is 28.5 Å². The maximum atomic E-state index is 12.2. The molecule has 27 heavy (non-hydrogen) atoms. The number of rotatable bonds is 7. The molecule has 0 radical (unpaired) electrons. The first kappa shape index (κ1) is 21.4. The molecule has 3 N–H and O–H groups in total. The number of fused-ring (bicyclic) bond motifs is 1. The van der Waals surface area contributed by atoms with E-state index in [2.05, 4.69) is 29.1 Å². The molecule has 144 valence electrons. The second kappa shape index (κ2) is 9.89. The van der Waals surface area contributed by atoms with Crippen LogP contribution in [0.3, 0.4) is 0 Å². The third-order valence-electron chi connectivity index (χ3n) is 3.80. The predicted octanol–water partition coefficient (Wildman–Crippen LogP) is 3.80. The minimum absolute atomic E-state index is 0. The highest BCUT2D eigenvalue weighted by atomic mass is 35.5. The van der Waals surface area contributed by atoms with Gasteiger partial charge in [0.25, 0.3) is 0 Å². The Morgan fingerprint density at radius 3 is 2.70 bits per heavy atom. The molecule has 1 amide bonds. The van der Waals surface area contributed by atoms with Gasteiger partial charge in [-0.1, -0.05) is 11.8 Å². The molecule has 2 heterocycles. The van der Waals surface area contributed by atoms with Gasteiger partial charge < -0.3 is 15.8 Å². The number of benzene rings is 1. The van der Waals surface area contributed by atoms with Crippen molar-refractivity contribution in [3.63, 3.8) is 0 Å². The number of nitrogens with two attached hydrogens (primary N) is 1. The van der Waals surface area contributed by atoms with E-state index in [-0.39, 0.29) is 24.1 Å². The average molecular weight is 425 g/mol. The number of nitrogens with zero attached hydrogens (tertiary/aromatic N) is 2. The number of aryl methyl sites for hydroxylation is 2. The number of nitrogens with one attached hydrogen (secondary N) is 1. The first-order chi connectivity index (χ1) is 12.6. The predicted molar refractivity (Wildman–Crippen MR) is 114 cm³/mol. The Bertz CT molecular complexity index is 916. The van der Waals surface area contributed by atoms with Crippen LogP contribution in [0.4, 0.5) is 5.69 Å². The zero-order valence-electron chi connectivity index (χ0n) is 15.0. The molecule has 1 aromatic carbocycles. The zero-order valence-corrected chi connectivity index (χ0v) is 17.5. The SMILES string of the molecule is Cc1sc2ncnc(SCC(=O)Nc3ccc(OCCN)cc3)c2c1C.Cl. The van der Waals surface area contributed by atoms with Crippen LogP contribution in [0, 0.1) is 13.8 Å². The van der Waals surface area contributed by atoms with Crippen molar-refractivity contribution in [2.45, 2.75) is 18.9 Å². The van der Waals surface area contributed by atoms with E-state index in [4.69, 9.17) is 10.5 Å². The summed E-state index contributed by atoms with van der Waals surface area (Å²) in [6.45, 7) is 5.08. The van der Waals surface area contributed by atoms with E-state index < -0.39 is 0 Å². The molecular formula is C18H21ClN4O2S2. The lowest BCUT2D eigenvalue weighted by Gasteiger charge is -2.08. The minimum Gasteiger partial charge on any atom is -0.492 e. The van der Waals surface area contributed by atoms with Crippen LogP contribution in [0.2, 0.25) is 0 Å². The van der Waals surface area contributed by atoms with Crippen LogP contribution in [-0.4, -0.2) is 34.8 Å². The standard InChI is InChI=1S/C18H20N4O2S2.ClH/c1-11-12(2)26-18-16(11)17(20-10-21-18)25-9-15(23)22-13-3-5-14(6-4-13)24-8-7-19;/h3-6,10H,7-9,19H2,1-2H3,(H,22,23);1H. The number of thioether (sulfide) groups is 1. The molecule has 3 rings (SSSR count). The van der Waals surface area contributed by atoms with Gasteiger partial charge in [-0.2, -0.15) is 0 Å². The van der Waals surface area contributed by atoms with E-state index in [0.717, 1.165) is 26.7 Å². The Hall–Kier alpha value is -1.87. The molecule has 9 heteroatoms. The van der Waals surface area contributed by atoms with E-state index in [9.17, 15) is 4.79 Å². The van der Waals surface area contributed by atoms with Crippen molar-refractivity contribution in [3.8, 4) is 5.75 Å². The van der Waals surface area contributed by atoms with Crippen molar-refractivity contribution in [1.82, 2.24) is 9.97 Å². The summed E-state index contributed by atoms with van der Waals surface area (Å²) in [6.07, 6.45) is 1.55. The van der Waals surface area contributed by atoms with Gasteiger partial charge in [0.15, 0.2) is 0 Å². The molecule has 0 bridgehead atoms. The maximum absolute atomic E-state index is 12.2. The number of halogens is 1. The van der Waals surface area contributed by atoms with Gasteiger partial charge in [0.2, 0.25) is 5.91 Å². The molecule has 6 nitrogen and oxygen atoms in total. The van der Waals surface area contributed by atoms with Gasteiger partial charge in [0, 0.05) is 22.5 Å². The van der Waals surface area contributed by atoms with Crippen LogP contribution >= 0.6 is 35.5 Å². The summed E-state index contributed by atoms with van der Waals surface area (Å²) < 4.78 is 5.42. The highest BCUT2D eigenvalue weighted by Crippen LogP contribution is 2.34. The van der Waals surface area contributed by atoms with Crippen molar-refractivity contribution < 1.29 is 9.53 Å². The minimum atomic E-state index is -0.0815. The quantitative estimate of drug-likeness (QED) is 0.443. The lowest BCUT2D eigenvalue weighted by atomic mass is 10.2. The summed E-state index contributed by atoms with van der Waals surface area (Å²) in [5, 5.41) is 4.78. The molecule has 0 aliphatic carbocycles. The summed E-state index contributed by atoms with van der Waals surface area (Å²) in [5.74, 6) is 0.933. The molecule has 0 saturated carbocycles. The number of hydrogen-bond donors (Lipinski definition) is 2. The zero-order chi connectivity index (χ0) is 18.5. The molecule has 3 aromatic rings. The number of ether oxygens (including phenoxy) is 1. The molecule has 0 saturated heterocycles. The van der Waals surface area contributed by atoms with Crippen LogP contribution in [-0.2, 0) is 4.79 Å². The number of hydrogen-bond acceptors (Lipinski definition) is 7. The van der Waals surface area contributed by atoms with Gasteiger partial charge >= 0.3 is 0 Å². The molecule has 0 fully saturated rings. The van der Waals surface area contributed by atoms with E-state index in [1.807, 2.05) is 24.3 Å². The Balaban J connectivity index is 0.00000261. The van der Waals surface area contributed by atoms with Gasteiger partial charge in [-0.05, 0) is 43.7 Å². The fourth-order valence-electron chi connectivity index (χ4n) is 2.40. The number of carbonyl (C=O) groups is 1. The molecular weight excluding hydrogens is 404 g/mol. The molecule has 0 aliphatic heterocycles. The molecule has 0 aliphatic rings. The third kappa shape index (κ3) is 5.32. The Morgan fingerprint density at radius 2 is 2.00 bits per heavy atom. The van der Waals surface area contributed by atoms with Crippen LogP contribution in [0.1, 0.15) is 10.4 Å². The number of thiophene rings is 1. The van der Waals surface area contributed by atoms with Crippen molar-refractivity contribution in [2.24, 2.45) is 5.73 Å². The molecule has 2 aromatic heterocycles. The molecule has 0 unspecified atom stereocenters. The monoisotopic (exact) mass is 424 g/mol. The first-order valence-corrected chi connectivity index (χ1v) is 9.95. The molecule has 0 spiro atoms. The second-order valence-corrected chi connectivity index (χ2v) is 7.81. The van der Waals surface area contributed by atoms with Gasteiger partial charge in [-0.25, -0.2) is 9.97 Å². The topological polar surface area (TPSA) is 90.1 Å². The summed E-state index contributed by atoms with van der Waals surface area (Å²) in [5.41, 5.74) is 7.32. The highest BCUT2D eigenvalue weighted by molar-refractivity contribution is 8.00. The van der Waals surface area contributed by atoms with Crippen molar-refractivity contribution in [1.29, 1.82) is 0 Å². The highest BCUT2D eigenvalue weighted by Gasteiger charge is 2.13. The second-order valence-electron chi connectivity index (χ2n) is 5.64. The van der Waals surface area contributed by atoms with E-state index >= 15 is 0 Å². The summed E-state index contributed by atoms with van der Waals surface area (Å²) >= 11 is 3.08. The smallest absolute Gasteiger partial charge is 0.234 e. The van der Waals surface area contributed by atoms with E-state index in [1.165, 1.54) is 22.2 Å². The van der Waals surface area contributed by atoms with Gasteiger partial charge in [-0.3, -0.25) is 4.79 Å². The number of amides is 1. The summed E-state index contributed by atoms with van der Waals surface area (Å²) in [4.78, 5) is 23.1. The summed E-state index contributed by atoms with van der Waals surface area (Å²) in [6, 6.07) is 7.24. The Kier molecular flexibility index (Phi) is 7.85. The van der Waals surface area contributed by atoms with Crippen LogP contribution < -0.4 is 15.8 Å². The van der Waals surface area contributed by atoms with Crippen LogP contribution in [0.5, 0.6) is 5.75 Å². The van der Waals surface area contributed by atoms with Crippen molar-refractivity contribution >= 4 is 57.3 Å². The maximum Gasteiger partial charge on any atom is 0.234 e. The van der Waals surface area contributed by atoms with Crippen molar-refractivity contribution in [2.75, 3.05) is 24.2 Å². The van der Waals surface area contributed by atoms with E-state index in [0.29, 0.717) is 13.2 Å². The summed E-state index contributed by atoms with van der Waals surface area (Å²) in [7, 11) is 0. The number of aromatic nitrogens is 2. The van der Waals surface area contributed by atoms with Crippen LogP contribution in [0.15, 0.2) is 35.6 Å². The lowest BCUT2D eigenvalue weighted by molar-refractivity contribution is -0.113. The Labute approximate surface area is 172 Å². The van der Waals surface area contributed by atoms with Crippen molar-refractivity contribution in [3.05, 3.63) is 41.0 Å². The number of carbonyl (C=O) groups excluding carboxylic acids is 1. The normalized spacial score (nSPS) is 10.5. The lowest BCUT2D eigenvalue weighted by Crippen LogP contribution is -2.14. The van der Waals surface area contributed by atoms with E-state index in [1.54, 1.807) is 17.7 Å². The van der Waals surface area contributed by atoms with Crippen LogP contribution in [0.25, 0.3) is 10.2 Å². The fraction of sp³-hybridized carbons (Fsp3) is 0.278. The van der Waals surface area contributed by atoms with Gasteiger partial charge in [0.05, 0.1) is 5.75 Å². The fourth-order valence-corrected chi connectivity index (χ4v) is 4.32.